The molecule has 2 heterocycles. The van der Waals surface area contributed by atoms with E-state index in [0.717, 1.165) is 40.2 Å². The van der Waals surface area contributed by atoms with Crippen molar-refractivity contribution in [3.05, 3.63) is 107 Å². The highest BCUT2D eigenvalue weighted by molar-refractivity contribution is 9.10. The lowest BCUT2D eigenvalue weighted by atomic mass is 10.1. The third-order valence-corrected chi connectivity index (χ3v) is 7.52. The third-order valence-electron chi connectivity index (χ3n) is 6.79. The van der Waals surface area contributed by atoms with Gasteiger partial charge in [0.2, 0.25) is 5.91 Å². The number of benzene rings is 3. The summed E-state index contributed by atoms with van der Waals surface area (Å²) in [4.78, 5) is 29.3. The van der Waals surface area contributed by atoms with Crippen molar-refractivity contribution >= 4 is 62.5 Å². The molecule has 1 aromatic heterocycles. The van der Waals surface area contributed by atoms with Crippen LogP contribution in [0.5, 0.6) is 5.75 Å². The van der Waals surface area contributed by atoms with E-state index in [4.69, 9.17) is 21.4 Å². The Kier molecular flexibility index (Phi) is 9.35. The number of nitrogens with zero attached hydrogens (tertiary/aromatic N) is 2. The zero-order chi connectivity index (χ0) is 29.5. The van der Waals surface area contributed by atoms with Gasteiger partial charge in [0.25, 0.3) is 5.91 Å². The lowest BCUT2D eigenvalue weighted by molar-refractivity contribution is -0.115. The van der Waals surface area contributed by atoms with E-state index in [2.05, 4.69) is 31.5 Å². The molecule has 0 radical (unpaired) electrons. The largest absolute Gasteiger partial charge is 0.497 e. The molecule has 10 heteroatoms. The molecule has 1 fully saturated rings. The first-order valence-corrected chi connectivity index (χ1v) is 14.5. The lowest BCUT2D eigenvalue weighted by Gasteiger charge is -2.36. The number of halogens is 1. The maximum atomic E-state index is 12.8. The van der Waals surface area contributed by atoms with E-state index in [1.165, 1.54) is 6.08 Å². The van der Waals surface area contributed by atoms with Gasteiger partial charge in [0.15, 0.2) is 5.11 Å². The highest BCUT2D eigenvalue weighted by Crippen LogP contribution is 2.25. The Morgan fingerprint density at radius 1 is 0.905 bits per heavy atom. The number of carbonyl (C=O) groups is 2. The number of carbonyl (C=O) groups excluding carboxylic acids is 2. The fraction of sp³-hybridized carbons (Fsp3) is 0.156. The van der Waals surface area contributed by atoms with Crippen molar-refractivity contribution in [2.75, 3.05) is 43.5 Å². The molecule has 0 aliphatic carbocycles. The summed E-state index contributed by atoms with van der Waals surface area (Å²) in [5, 5.41) is 5.88. The molecule has 1 aliphatic rings. The molecule has 1 saturated heterocycles. The summed E-state index contributed by atoms with van der Waals surface area (Å²) >= 11 is 8.73. The van der Waals surface area contributed by atoms with E-state index in [9.17, 15) is 9.59 Å². The van der Waals surface area contributed by atoms with Gasteiger partial charge in [-0.05, 0) is 91.1 Å². The fourth-order valence-electron chi connectivity index (χ4n) is 4.52. The smallest absolute Gasteiger partial charge is 0.253 e. The predicted octanol–water partition coefficient (Wildman–Crippen LogP) is 6.21. The molecule has 2 N–H and O–H groups in total. The van der Waals surface area contributed by atoms with Crippen LogP contribution in [-0.2, 0) is 4.79 Å². The first kappa shape index (κ1) is 29.1. The van der Waals surface area contributed by atoms with Crippen LogP contribution in [0.2, 0.25) is 0 Å². The summed E-state index contributed by atoms with van der Waals surface area (Å²) in [6.45, 7) is 2.74. The molecule has 214 valence electrons. The highest BCUT2D eigenvalue weighted by Gasteiger charge is 2.22. The lowest BCUT2D eigenvalue weighted by Crippen LogP contribution is -2.48. The van der Waals surface area contributed by atoms with Crippen LogP contribution < -0.4 is 20.3 Å². The average Bonchev–Trinajstić information content (AvgIpc) is 3.50. The number of hydrogen-bond acceptors (Lipinski definition) is 6. The van der Waals surface area contributed by atoms with Crippen LogP contribution in [0.4, 0.5) is 11.4 Å². The topological polar surface area (TPSA) is 87.0 Å². The molecule has 8 nitrogen and oxygen atoms in total. The summed E-state index contributed by atoms with van der Waals surface area (Å²) in [7, 11) is 1.61. The third kappa shape index (κ3) is 7.45. The van der Waals surface area contributed by atoms with Gasteiger partial charge < -0.3 is 24.3 Å². The Labute approximate surface area is 258 Å². The Bertz CT molecular complexity index is 1580. The number of piperazine rings is 1. The van der Waals surface area contributed by atoms with Gasteiger partial charge in [0.1, 0.15) is 17.3 Å². The van der Waals surface area contributed by atoms with Crippen LogP contribution in [0, 0.1) is 0 Å². The first-order chi connectivity index (χ1) is 20.4. The number of thiocarbonyl (C=S) groups is 1. The van der Waals surface area contributed by atoms with E-state index in [-0.39, 0.29) is 16.9 Å². The minimum absolute atomic E-state index is 0.0249. The quantitative estimate of drug-likeness (QED) is 0.183. The SMILES string of the molecule is COc1ccc(C(=O)N2CCN(c3ccc(NC(=S)NC(=O)/C=C/c4ccc(-c5ccc(Br)cc5)o4)cc3)CC2)cc1. The van der Waals surface area contributed by atoms with Crippen molar-refractivity contribution in [1.82, 2.24) is 10.2 Å². The van der Waals surface area contributed by atoms with Gasteiger partial charge in [-0.2, -0.15) is 0 Å². The summed E-state index contributed by atoms with van der Waals surface area (Å²) in [5.41, 5.74) is 3.41. The normalized spacial score (nSPS) is 13.2. The van der Waals surface area contributed by atoms with Crippen molar-refractivity contribution in [3.63, 3.8) is 0 Å². The highest BCUT2D eigenvalue weighted by atomic mass is 79.9. The minimum atomic E-state index is -0.368. The van der Waals surface area contributed by atoms with E-state index >= 15 is 0 Å². The number of hydrogen-bond donors (Lipinski definition) is 2. The predicted molar refractivity (Wildman–Crippen MR) is 173 cm³/mol. The van der Waals surface area contributed by atoms with E-state index < -0.39 is 0 Å². The zero-order valence-corrected chi connectivity index (χ0v) is 25.3. The number of anilines is 2. The van der Waals surface area contributed by atoms with Crippen LogP contribution >= 0.6 is 28.1 Å². The second-order valence-corrected chi connectivity index (χ2v) is 10.9. The molecule has 0 saturated carbocycles. The molecule has 4 aromatic rings. The second-order valence-electron chi connectivity index (χ2n) is 9.54. The molecule has 3 aromatic carbocycles. The summed E-state index contributed by atoms with van der Waals surface area (Å²) < 4.78 is 12.0. The molecular formula is C32H29BrN4O4S. The molecule has 0 spiro atoms. The molecule has 0 atom stereocenters. The van der Waals surface area contributed by atoms with Crippen molar-refractivity contribution in [3.8, 4) is 17.1 Å². The van der Waals surface area contributed by atoms with E-state index in [0.29, 0.717) is 30.2 Å². The number of furan rings is 1. The number of nitrogens with one attached hydrogen (secondary N) is 2. The second kappa shape index (κ2) is 13.5. The maximum Gasteiger partial charge on any atom is 0.253 e. The van der Waals surface area contributed by atoms with Crippen molar-refractivity contribution in [2.24, 2.45) is 0 Å². The van der Waals surface area contributed by atoms with Gasteiger partial charge in [0, 0.05) is 59.2 Å². The van der Waals surface area contributed by atoms with Gasteiger partial charge in [-0.3, -0.25) is 14.9 Å². The molecule has 5 rings (SSSR count). The van der Waals surface area contributed by atoms with Crippen LogP contribution in [0.15, 0.2) is 99.9 Å². The Morgan fingerprint density at radius 3 is 2.26 bits per heavy atom. The molecule has 0 unspecified atom stereocenters. The molecule has 42 heavy (non-hydrogen) atoms. The summed E-state index contributed by atoms with van der Waals surface area (Å²) in [6, 6.07) is 26.4. The summed E-state index contributed by atoms with van der Waals surface area (Å²) in [5.74, 6) is 1.66. The standard InChI is InChI=1S/C32H29BrN4O4S/c1-40-27-12-4-23(5-13-27)31(39)37-20-18-36(19-21-37)26-10-8-25(9-11-26)34-32(42)35-30(38)17-15-28-14-16-29(41-28)22-2-6-24(33)7-3-22/h2-17H,18-21H2,1H3,(H2,34,35,38,42)/b17-15+. The van der Waals surface area contributed by atoms with Crippen LogP contribution in [0.3, 0.4) is 0 Å². The van der Waals surface area contributed by atoms with Gasteiger partial charge >= 0.3 is 0 Å². The Hall–Kier alpha value is -4.41. The van der Waals surface area contributed by atoms with Crippen molar-refractivity contribution in [2.45, 2.75) is 0 Å². The Balaban J connectivity index is 1.07. The van der Waals surface area contributed by atoms with Crippen LogP contribution in [-0.4, -0.2) is 55.1 Å². The number of amides is 2. The zero-order valence-electron chi connectivity index (χ0n) is 22.9. The number of rotatable bonds is 7. The van der Waals surface area contributed by atoms with E-state index in [1.54, 1.807) is 43.5 Å². The molecule has 2 amide bonds. The average molecular weight is 646 g/mol. The van der Waals surface area contributed by atoms with Gasteiger partial charge in [-0.15, -0.1) is 0 Å². The van der Waals surface area contributed by atoms with Crippen molar-refractivity contribution < 1.29 is 18.7 Å². The molecule has 0 bridgehead atoms. The molecule has 1 aliphatic heterocycles. The van der Waals surface area contributed by atoms with Gasteiger partial charge in [-0.1, -0.05) is 28.1 Å². The minimum Gasteiger partial charge on any atom is -0.497 e. The summed E-state index contributed by atoms with van der Waals surface area (Å²) in [6.07, 6.45) is 2.97. The number of ether oxygens (including phenoxy) is 1. The fourth-order valence-corrected chi connectivity index (χ4v) is 5.01. The van der Waals surface area contributed by atoms with Gasteiger partial charge in [0.05, 0.1) is 7.11 Å². The van der Waals surface area contributed by atoms with Crippen LogP contribution in [0.1, 0.15) is 16.1 Å². The Morgan fingerprint density at radius 2 is 1.60 bits per heavy atom. The van der Waals surface area contributed by atoms with Crippen molar-refractivity contribution in [1.29, 1.82) is 0 Å². The maximum absolute atomic E-state index is 12.8. The monoisotopic (exact) mass is 644 g/mol. The van der Waals surface area contributed by atoms with Gasteiger partial charge in [-0.25, -0.2) is 0 Å². The van der Waals surface area contributed by atoms with Crippen LogP contribution in [0.25, 0.3) is 17.4 Å². The number of methoxy groups -OCH3 is 1. The molecular weight excluding hydrogens is 616 g/mol. The van der Waals surface area contributed by atoms with E-state index in [1.807, 2.05) is 59.5 Å². The first-order valence-electron chi connectivity index (χ1n) is 13.3.